The topological polar surface area (TPSA) is 110 Å². The minimum absolute atomic E-state index is 0.182. The second-order valence-electron chi connectivity index (χ2n) is 7.37. The SMILES string of the molecule is COc1nc(N2CCN(C(=O)OCc3ccccc3)CC2)ncc1C(=O)NCc1ccco1. The third-order valence-electron chi connectivity index (χ3n) is 5.21. The molecule has 0 atom stereocenters. The quantitative estimate of drug-likeness (QED) is 0.583. The van der Waals surface area contributed by atoms with Crippen molar-refractivity contribution in [2.45, 2.75) is 13.2 Å². The Balaban J connectivity index is 1.31. The summed E-state index contributed by atoms with van der Waals surface area (Å²) < 4.78 is 15.9. The summed E-state index contributed by atoms with van der Waals surface area (Å²) >= 11 is 0. The lowest BCUT2D eigenvalue weighted by molar-refractivity contribution is 0.0932. The van der Waals surface area contributed by atoms with Crippen molar-refractivity contribution < 1.29 is 23.5 Å². The predicted molar refractivity (Wildman–Crippen MR) is 119 cm³/mol. The van der Waals surface area contributed by atoms with E-state index in [1.54, 1.807) is 23.3 Å². The van der Waals surface area contributed by atoms with Crippen LogP contribution in [0.5, 0.6) is 5.88 Å². The number of hydrogen-bond donors (Lipinski definition) is 1. The van der Waals surface area contributed by atoms with E-state index in [4.69, 9.17) is 13.9 Å². The fourth-order valence-electron chi connectivity index (χ4n) is 3.40. The smallest absolute Gasteiger partial charge is 0.410 e. The fraction of sp³-hybridized carbons (Fsp3) is 0.304. The maximum Gasteiger partial charge on any atom is 0.410 e. The van der Waals surface area contributed by atoms with Gasteiger partial charge in [-0.2, -0.15) is 4.98 Å². The van der Waals surface area contributed by atoms with Crippen LogP contribution in [0.1, 0.15) is 21.7 Å². The second kappa shape index (κ2) is 10.5. The highest BCUT2D eigenvalue weighted by Gasteiger charge is 2.25. The molecule has 0 unspecified atom stereocenters. The van der Waals surface area contributed by atoms with E-state index in [2.05, 4.69) is 15.3 Å². The van der Waals surface area contributed by atoms with Gasteiger partial charge >= 0.3 is 6.09 Å². The third-order valence-corrected chi connectivity index (χ3v) is 5.21. The highest BCUT2D eigenvalue weighted by atomic mass is 16.6. The summed E-state index contributed by atoms with van der Waals surface area (Å²) in [7, 11) is 1.45. The average Bonchev–Trinajstić information content (AvgIpc) is 3.40. The summed E-state index contributed by atoms with van der Waals surface area (Å²) in [5, 5.41) is 2.75. The molecule has 33 heavy (non-hydrogen) atoms. The average molecular weight is 451 g/mol. The first-order valence-corrected chi connectivity index (χ1v) is 10.6. The molecular weight excluding hydrogens is 426 g/mol. The van der Waals surface area contributed by atoms with Gasteiger partial charge in [0.05, 0.1) is 19.9 Å². The van der Waals surface area contributed by atoms with Gasteiger partial charge in [0.15, 0.2) is 0 Å². The molecular formula is C23H25N5O5. The molecule has 1 aliphatic rings. The van der Waals surface area contributed by atoms with E-state index >= 15 is 0 Å². The third kappa shape index (κ3) is 5.59. The molecule has 0 radical (unpaired) electrons. The number of carbonyl (C=O) groups is 2. The number of piperazine rings is 1. The van der Waals surface area contributed by atoms with Gasteiger partial charge in [0.25, 0.3) is 5.91 Å². The number of nitrogens with one attached hydrogen (secondary N) is 1. The van der Waals surface area contributed by atoms with E-state index in [1.165, 1.54) is 13.3 Å². The molecule has 4 rings (SSSR count). The molecule has 0 aliphatic carbocycles. The van der Waals surface area contributed by atoms with Crippen molar-refractivity contribution >= 4 is 17.9 Å². The van der Waals surface area contributed by atoms with Gasteiger partial charge in [-0.1, -0.05) is 30.3 Å². The van der Waals surface area contributed by atoms with Gasteiger partial charge in [-0.25, -0.2) is 9.78 Å². The number of benzene rings is 1. The molecule has 10 nitrogen and oxygen atoms in total. The van der Waals surface area contributed by atoms with E-state index in [1.807, 2.05) is 35.2 Å². The van der Waals surface area contributed by atoms with Crippen LogP contribution in [0.3, 0.4) is 0 Å². The number of amides is 2. The summed E-state index contributed by atoms with van der Waals surface area (Å²) in [6, 6.07) is 13.1. The first-order chi connectivity index (χ1) is 16.1. The molecule has 0 spiro atoms. The van der Waals surface area contributed by atoms with Crippen LogP contribution < -0.4 is 15.0 Å². The molecule has 3 heterocycles. The molecule has 2 aromatic heterocycles. The Kier molecular flexibility index (Phi) is 7.03. The van der Waals surface area contributed by atoms with Crippen molar-refractivity contribution in [2.24, 2.45) is 0 Å². The molecule has 1 saturated heterocycles. The van der Waals surface area contributed by atoms with Crippen LogP contribution >= 0.6 is 0 Å². The zero-order valence-corrected chi connectivity index (χ0v) is 18.3. The number of nitrogens with zero attached hydrogens (tertiary/aromatic N) is 4. The number of anilines is 1. The molecule has 3 aromatic rings. The van der Waals surface area contributed by atoms with E-state index in [0.717, 1.165) is 5.56 Å². The highest BCUT2D eigenvalue weighted by molar-refractivity contribution is 5.96. The Hall–Kier alpha value is -4.08. The fourth-order valence-corrected chi connectivity index (χ4v) is 3.40. The summed E-state index contributed by atoms with van der Waals surface area (Å²) in [5.41, 5.74) is 1.18. The zero-order chi connectivity index (χ0) is 23.0. The number of aromatic nitrogens is 2. The van der Waals surface area contributed by atoms with E-state index in [0.29, 0.717) is 37.9 Å². The van der Waals surface area contributed by atoms with Crippen LogP contribution in [0.2, 0.25) is 0 Å². The number of rotatable bonds is 7. The van der Waals surface area contributed by atoms with Crippen molar-refractivity contribution in [1.29, 1.82) is 0 Å². The van der Waals surface area contributed by atoms with Gasteiger partial charge in [0.2, 0.25) is 11.8 Å². The summed E-state index contributed by atoms with van der Waals surface area (Å²) in [6.45, 7) is 2.51. The Bertz CT molecular complexity index is 1070. The number of ether oxygens (including phenoxy) is 2. The first kappa shape index (κ1) is 22.1. The minimum Gasteiger partial charge on any atom is -0.480 e. The normalized spacial score (nSPS) is 13.5. The molecule has 0 saturated carbocycles. The lowest BCUT2D eigenvalue weighted by atomic mass is 10.2. The maximum atomic E-state index is 12.5. The first-order valence-electron chi connectivity index (χ1n) is 10.6. The van der Waals surface area contributed by atoms with Crippen LogP contribution in [-0.4, -0.2) is 60.2 Å². The second-order valence-corrected chi connectivity index (χ2v) is 7.37. The van der Waals surface area contributed by atoms with Crippen LogP contribution in [0.15, 0.2) is 59.3 Å². The van der Waals surface area contributed by atoms with Crippen LogP contribution in [0, 0.1) is 0 Å². The predicted octanol–water partition coefficient (Wildman–Crippen LogP) is 2.47. The lowest BCUT2D eigenvalue weighted by Gasteiger charge is -2.34. The molecule has 1 N–H and O–H groups in total. The monoisotopic (exact) mass is 451 g/mol. The van der Waals surface area contributed by atoms with E-state index in [9.17, 15) is 9.59 Å². The standard InChI is InChI=1S/C23H25N5O5/c1-31-21-19(20(29)24-14-18-8-5-13-32-18)15-25-22(26-21)27-9-11-28(12-10-27)23(30)33-16-17-6-3-2-4-7-17/h2-8,13,15H,9-12,14,16H2,1H3,(H,24,29). The Morgan fingerprint density at radius 2 is 1.88 bits per heavy atom. The van der Waals surface area contributed by atoms with Crippen molar-refractivity contribution in [3.05, 3.63) is 71.8 Å². The summed E-state index contributed by atoms with van der Waals surface area (Å²) in [6.07, 6.45) is 2.64. The lowest BCUT2D eigenvalue weighted by Crippen LogP contribution is -2.49. The van der Waals surface area contributed by atoms with E-state index in [-0.39, 0.29) is 36.6 Å². The summed E-state index contributed by atoms with van der Waals surface area (Å²) in [4.78, 5) is 37.2. The van der Waals surface area contributed by atoms with Gasteiger partial charge < -0.3 is 29.0 Å². The Morgan fingerprint density at radius 1 is 1.09 bits per heavy atom. The molecule has 1 aliphatic heterocycles. The number of furan rings is 1. The number of methoxy groups -OCH3 is 1. The molecule has 1 aromatic carbocycles. The van der Waals surface area contributed by atoms with Crippen LogP contribution in [0.25, 0.3) is 0 Å². The van der Waals surface area contributed by atoms with E-state index < -0.39 is 0 Å². The highest BCUT2D eigenvalue weighted by Crippen LogP contribution is 2.20. The molecule has 0 bridgehead atoms. The van der Waals surface area contributed by atoms with Gasteiger partial charge in [-0.15, -0.1) is 0 Å². The van der Waals surface area contributed by atoms with Crippen LogP contribution in [-0.2, 0) is 17.9 Å². The Labute approximate surface area is 191 Å². The Morgan fingerprint density at radius 3 is 2.58 bits per heavy atom. The molecule has 172 valence electrons. The maximum absolute atomic E-state index is 12.5. The summed E-state index contributed by atoms with van der Waals surface area (Å²) in [5.74, 6) is 0.897. The van der Waals surface area contributed by atoms with Crippen molar-refractivity contribution in [3.63, 3.8) is 0 Å². The van der Waals surface area contributed by atoms with Gasteiger partial charge in [0.1, 0.15) is 17.9 Å². The van der Waals surface area contributed by atoms with Crippen LogP contribution in [0.4, 0.5) is 10.7 Å². The zero-order valence-electron chi connectivity index (χ0n) is 18.3. The largest absolute Gasteiger partial charge is 0.480 e. The molecule has 1 fully saturated rings. The van der Waals surface area contributed by atoms with Crippen molar-refractivity contribution in [1.82, 2.24) is 20.2 Å². The van der Waals surface area contributed by atoms with Gasteiger partial charge in [-0.05, 0) is 17.7 Å². The molecule has 2 amide bonds. The van der Waals surface area contributed by atoms with Gasteiger partial charge in [0, 0.05) is 32.4 Å². The van der Waals surface area contributed by atoms with Gasteiger partial charge in [-0.3, -0.25) is 4.79 Å². The number of hydrogen-bond acceptors (Lipinski definition) is 8. The minimum atomic E-state index is -0.360. The number of carbonyl (C=O) groups excluding carboxylic acids is 2. The van der Waals surface area contributed by atoms with Crippen molar-refractivity contribution in [2.75, 3.05) is 38.2 Å². The molecule has 10 heteroatoms. The van der Waals surface area contributed by atoms with Crippen molar-refractivity contribution in [3.8, 4) is 5.88 Å².